The Labute approximate surface area is 320 Å². The Balaban J connectivity index is 0.000000176. The average molecular weight is 807 g/mol. The molecule has 53 heavy (non-hydrogen) atoms. The SMILES string of the molecule is C[C@@H]1CN(c2c(F)c(N)c3c(=O)c(C(=O)O)cn(C4CC4)c3c2F)C[C@H](C)N1.[Cl][Cu].c1ccc(-c2cc(-c3cccs3)cc(-c3ccccn3)n2)nc1. The van der Waals surface area contributed by atoms with Gasteiger partial charge in [-0.3, -0.25) is 14.8 Å². The molecule has 15 heteroatoms. The molecule has 278 valence electrons. The van der Waals surface area contributed by atoms with Crippen LogP contribution < -0.4 is 21.4 Å². The maximum absolute atomic E-state index is 15.6. The summed E-state index contributed by atoms with van der Waals surface area (Å²) in [5.74, 6) is -3.34. The number of nitrogens with one attached hydrogen (secondary N) is 1. The molecule has 4 N–H and O–H groups in total. The molecule has 2 atom stereocenters. The van der Waals surface area contributed by atoms with Crippen molar-refractivity contribution >= 4 is 49.7 Å². The van der Waals surface area contributed by atoms with Gasteiger partial charge in [0.2, 0.25) is 5.43 Å². The van der Waals surface area contributed by atoms with Crippen LogP contribution in [0.3, 0.4) is 0 Å². The van der Waals surface area contributed by atoms with Crippen molar-refractivity contribution in [3.63, 3.8) is 0 Å². The summed E-state index contributed by atoms with van der Waals surface area (Å²) in [5, 5.41) is 14.3. The Morgan fingerprint density at radius 1 is 0.943 bits per heavy atom. The van der Waals surface area contributed by atoms with E-state index in [-0.39, 0.29) is 29.3 Å². The number of nitrogens with two attached hydrogens (primary N) is 1. The van der Waals surface area contributed by atoms with Crippen molar-refractivity contribution in [2.45, 2.75) is 44.8 Å². The Kier molecular flexibility index (Phi) is 11.9. The molecule has 1 saturated carbocycles. The number of carbonyl (C=O) groups is 1. The van der Waals surface area contributed by atoms with Gasteiger partial charge in [-0.2, -0.15) is 0 Å². The third kappa shape index (κ3) is 8.12. The average Bonchev–Trinajstić information content (AvgIpc) is 3.87. The standard InChI is InChI=1S/C19H22F2N4O3.C19H13N3S.ClH.Cu/c1-8-5-24(6-9(2)23-8)17-13(20)15(22)12-16(14(17)21)25(10-3-4-10)7-11(18(12)26)19(27)28;1-3-9-20-15(6-1)17-12-14(19-8-5-11-23-19)13-18(22-17)16-7-2-4-10-21-16;;/h7-10,23H,3-6,22H2,1-2H3,(H,27,28);1-13H;1H;/q;;;+1/p-1/t8-,9+;;;. The quantitative estimate of drug-likeness (QED) is 0.114. The van der Waals surface area contributed by atoms with E-state index in [2.05, 4.69) is 70.1 Å². The van der Waals surface area contributed by atoms with Crippen LogP contribution >= 0.6 is 21.4 Å². The number of thiophene rings is 1. The van der Waals surface area contributed by atoms with Crippen LogP contribution in [0.15, 0.2) is 89.4 Å². The zero-order valence-electron chi connectivity index (χ0n) is 28.6. The molecule has 8 rings (SSSR count). The molecule has 0 amide bonds. The Hall–Kier alpha value is -4.72. The number of carboxylic acid groups (broad SMARTS) is 1. The van der Waals surface area contributed by atoms with Crippen LogP contribution in [0.4, 0.5) is 20.2 Å². The van der Waals surface area contributed by atoms with Gasteiger partial charge in [-0.05, 0) is 80.1 Å². The number of fused-ring (bicyclic) bond motifs is 1. The topological polar surface area (TPSA) is 139 Å². The smallest absolute Gasteiger partial charge is 0.0900 e. The summed E-state index contributed by atoms with van der Waals surface area (Å²) in [6.07, 6.45) is 6.18. The minimum Gasteiger partial charge on any atom is -0.255 e. The Morgan fingerprint density at radius 2 is 1.55 bits per heavy atom. The predicted octanol–water partition coefficient (Wildman–Crippen LogP) is 7.70. The second kappa shape index (κ2) is 16.5. The summed E-state index contributed by atoms with van der Waals surface area (Å²) >= 11 is 5.37. The minimum atomic E-state index is -1.45. The van der Waals surface area contributed by atoms with Gasteiger partial charge in [0, 0.05) is 54.7 Å². The number of nitrogens with zero attached hydrogens (tertiary/aromatic N) is 5. The first kappa shape index (κ1) is 38.0. The summed E-state index contributed by atoms with van der Waals surface area (Å²) in [7, 11) is 4.20. The molecule has 5 aromatic heterocycles. The first-order valence-electron chi connectivity index (χ1n) is 16.7. The first-order valence-corrected chi connectivity index (χ1v) is 18.9. The van der Waals surface area contributed by atoms with Crippen LogP contribution in [0.5, 0.6) is 0 Å². The van der Waals surface area contributed by atoms with Crippen LogP contribution in [-0.2, 0) is 15.1 Å². The number of anilines is 2. The van der Waals surface area contributed by atoms with E-state index in [1.54, 1.807) is 28.6 Å². The molecular formula is C38H35ClCuF2N7O3S. The number of hydrogen-bond donors (Lipinski definition) is 3. The van der Waals surface area contributed by atoms with E-state index >= 15 is 8.78 Å². The number of rotatable bonds is 6. The van der Waals surface area contributed by atoms with Gasteiger partial charge in [-0.15, -0.1) is 11.3 Å². The fourth-order valence-electron chi connectivity index (χ4n) is 6.54. The minimum absolute atomic E-state index is 0.0134. The van der Waals surface area contributed by atoms with Gasteiger partial charge in [0.15, 0.2) is 11.6 Å². The molecule has 2 fully saturated rings. The Morgan fingerprint density at radius 3 is 2.04 bits per heavy atom. The van der Waals surface area contributed by atoms with Crippen LogP contribution in [0.2, 0.25) is 0 Å². The summed E-state index contributed by atoms with van der Waals surface area (Å²) in [5.41, 5.74) is 8.12. The second-order valence-corrected chi connectivity index (χ2v) is 13.8. The van der Waals surface area contributed by atoms with Gasteiger partial charge in [0.05, 0.1) is 39.4 Å². The molecule has 6 aromatic rings. The predicted molar refractivity (Wildman–Crippen MR) is 202 cm³/mol. The molecule has 0 bridgehead atoms. The van der Waals surface area contributed by atoms with Gasteiger partial charge < -0.3 is 25.6 Å². The van der Waals surface area contributed by atoms with Crippen molar-refractivity contribution in [3.8, 4) is 33.2 Å². The van der Waals surface area contributed by atoms with Gasteiger partial charge in [0.25, 0.3) is 0 Å². The van der Waals surface area contributed by atoms with Crippen molar-refractivity contribution in [1.29, 1.82) is 0 Å². The van der Waals surface area contributed by atoms with Crippen molar-refractivity contribution < 1.29 is 33.8 Å². The summed E-state index contributed by atoms with van der Waals surface area (Å²) in [4.78, 5) is 40.5. The molecule has 1 aliphatic carbocycles. The van der Waals surface area contributed by atoms with Crippen LogP contribution in [0.25, 0.3) is 44.1 Å². The van der Waals surface area contributed by atoms with Crippen molar-refractivity contribution in [2.75, 3.05) is 23.7 Å². The van der Waals surface area contributed by atoms with Crippen molar-refractivity contribution in [2.24, 2.45) is 0 Å². The zero-order valence-corrected chi connectivity index (χ0v) is 31.1. The number of piperazine rings is 1. The van der Waals surface area contributed by atoms with Crippen LogP contribution in [0.1, 0.15) is 43.1 Å². The monoisotopic (exact) mass is 805 g/mol. The number of hydrogen-bond acceptors (Lipinski definition) is 9. The first-order chi connectivity index (χ1) is 25.6. The fraction of sp³-hybridized carbons (Fsp3) is 0.237. The summed E-state index contributed by atoms with van der Waals surface area (Å²) < 4.78 is 32.2. The number of pyridine rings is 4. The van der Waals surface area contributed by atoms with E-state index < -0.39 is 39.7 Å². The molecular weight excluding hydrogens is 772 g/mol. The maximum Gasteiger partial charge on any atom is 0.0900 e. The molecule has 0 radical (unpaired) electrons. The second-order valence-electron chi connectivity index (χ2n) is 12.8. The van der Waals surface area contributed by atoms with Gasteiger partial charge in [-0.25, -0.2) is 18.6 Å². The number of halogens is 3. The van der Waals surface area contributed by atoms with Crippen molar-refractivity contribution in [3.05, 3.63) is 112 Å². The third-order valence-electron chi connectivity index (χ3n) is 8.89. The van der Waals surface area contributed by atoms with E-state index in [0.717, 1.165) is 47.4 Å². The number of benzene rings is 1. The van der Waals surface area contributed by atoms with E-state index in [4.69, 9.17) is 10.7 Å². The number of aromatic carboxylic acids is 1. The van der Waals surface area contributed by atoms with Gasteiger partial charge in [-0.1, -0.05) is 18.2 Å². The molecule has 10 nitrogen and oxygen atoms in total. The zero-order chi connectivity index (χ0) is 37.8. The van der Waals surface area contributed by atoms with Crippen LogP contribution in [-0.4, -0.2) is 55.8 Å². The van der Waals surface area contributed by atoms with Crippen molar-refractivity contribution in [1.82, 2.24) is 24.8 Å². The Bertz CT molecular complexity index is 2230. The number of carboxylic acids is 1. The maximum atomic E-state index is 15.6. The molecule has 2 aliphatic rings. The molecule has 1 aliphatic heterocycles. The number of nitrogen functional groups attached to an aromatic ring is 1. The molecule has 0 unspecified atom stereocenters. The summed E-state index contributed by atoms with van der Waals surface area (Å²) in [6.45, 7) is 4.60. The number of aromatic nitrogens is 4. The molecule has 0 spiro atoms. The van der Waals surface area contributed by atoms with Gasteiger partial charge >= 0.3 is 31.2 Å². The van der Waals surface area contributed by atoms with Crippen LogP contribution in [0, 0.1) is 11.6 Å². The third-order valence-corrected chi connectivity index (χ3v) is 9.81. The fourth-order valence-corrected chi connectivity index (χ4v) is 7.25. The molecule has 1 aromatic carbocycles. The van der Waals surface area contributed by atoms with E-state index in [1.807, 2.05) is 50.2 Å². The van der Waals surface area contributed by atoms with Gasteiger partial charge in [0.1, 0.15) is 11.3 Å². The van der Waals surface area contributed by atoms with E-state index in [0.29, 0.717) is 13.1 Å². The van der Waals surface area contributed by atoms with E-state index in [1.165, 1.54) is 9.44 Å². The normalized spacial score (nSPS) is 16.7. The molecule has 1 saturated heterocycles. The largest absolute Gasteiger partial charge is 0.255 e. The molecule has 6 heterocycles. The summed E-state index contributed by atoms with van der Waals surface area (Å²) in [6, 6.07) is 20.0. The van der Waals surface area contributed by atoms with E-state index in [9.17, 15) is 14.7 Å².